The van der Waals surface area contributed by atoms with Crippen LogP contribution in [0.25, 0.3) is 0 Å². The van der Waals surface area contributed by atoms with Gasteiger partial charge in [-0.3, -0.25) is 4.79 Å². The third-order valence-electron chi connectivity index (χ3n) is 4.30. The highest BCUT2D eigenvalue weighted by atomic mass is 35.5. The van der Waals surface area contributed by atoms with Crippen molar-refractivity contribution in [2.24, 2.45) is 0 Å². The highest BCUT2D eigenvalue weighted by Crippen LogP contribution is 2.24. The summed E-state index contributed by atoms with van der Waals surface area (Å²) in [4.78, 5) is 14.7. The summed E-state index contributed by atoms with van der Waals surface area (Å²) in [6.45, 7) is 3.97. The molecule has 0 aliphatic carbocycles. The Kier molecular flexibility index (Phi) is 5.43. The molecule has 25 heavy (non-hydrogen) atoms. The molecular weight excluding hydrogens is 341 g/mol. The molecule has 1 saturated heterocycles. The Morgan fingerprint density at radius 2 is 1.84 bits per heavy atom. The van der Waals surface area contributed by atoms with E-state index in [1.54, 1.807) is 6.92 Å². The third kappa shape index (κ3) is 4.42. The maximum absolute atomic E-state index is 13.1. The molecule has 132 valence electrons. The minimum atomic E-state index is -0.459. The molecule has 1 aliphatic heterocycles. The van der Waals surface area contributed by atoms with Crippen molar-refractivity contribution in [2.75, 3.05) is 28.6 Å². The maximum atomic E-state index is 13.1. The van der Waals surface area contributed by atoms with Gasteiger partial charge in [0.15, 0.2) is 0 Å². The Bertz CT molecular complexity index is 745. The van der Waals surface area contributed by atoms with Crippen molar-refractivity contribution in [2.45, 2.75) is 25.8 Å². The van der Waals surface area contributed by atoms with Gasteiger partial charge < -0.3 is 15.5 Å². The van der Waals surface area contributed by atoms with Gasteiger partial charge in [0.25, 0.3) is 0 Å². The molecule has 1 amide bonds. The SMILES string of the molecule is C[C@H](Nc1ccc(N2CCCC2)cc1)C(=O)Nc1ccc(F)cc1Cl. The molecule has 0 aromatic heterocycles. The lowest BCUT2D eigenvalue weighted by Crippen LogP contribution is -2.32. The highest BCUT2D eigenvalue weighted by molar-refractivity contribution is 6.33. The molecule has 0 saturated carbocycles. The van der Waals surface area contributed by atoms with Crippen LogP contribution in [0.5, 0.6) is 0 Å². The zero-order chi connectivity index (χ0) is 17.8. The summed E-state index contributed by atoms with van der Waals surface area (Å²) in [6.07, 6.45) is 2.48. The van der Waals surface area contributed by atoms with Crippen molar-refractivity contribution in [3.63, 3.8) is 0 Å². The first kappa shape index (κ1) is 17.5. The zero-order valence-corrected chi connectivity index (χ0v) is 14.8. The Morgan fingerprint density at radius 3 is 2.48 bits per heavy atom. The summed E-state index contributed by atoms with van der Waals surface area (Å²) < 4.78 is 13.1. The number of halogens is 2. The predicted octanol–water partition coefficient (Wildman–Crippen LogP) is 4.52. The predicted molar refractivity (Wildman–Crippen MR) is 101 cm³/mol. The van der Waals surface area contributed by atoms with E-state index in [1.165, 1.54) is 36.7 Å². The van der Waals surface area contributed by atoms with Crippen molar-refractivity contribution < 1.29 is 9.18 Å². The molecule has 2 aromatic carbocycles. The van der Waals surface area contributed by atoms with Crippen LogP contribution in [0.2, 0.25) is 5.02 Å². The van der Waals surface area contributed by atoms with Gasteiger partial charge in [0.1, 0.15) is 11.9 Å². The van der Waals surface area contributed by atoms with Crippen molar-refractivity contribution in [1.82, 2.24) is 0 Å². The van der Waals surface area contributed by atoms with Crippen LogP contribution in [0.1, 0.15) is 19.8 Å². The van der Waals surface area contributed by atoms with Gasteiger partial charge >= 0.3 is 0 Å². The first-order valence-corrected chi connectivity index (χ1v) is 8.78. The van der Waals surface area contributed by atoms with Gasteiger partial charge in [-0.15, -0.1) is 0 Å². The Balaban J connectivity index is 1.59. The van der Waals surface area contributed by atoms with Crippen LogP contribution in [0.4, 0.5) is 21.5 Å². The van der Waals surface area contributed by atoms with E-state index in [2.05, 4.69) is 27.7 Å². The Hall–Kier alpha value is -2.27. The molecule has 1 heterocycles. The Morgan fingerprint density at radius 1 is 1.16 bits per heavy atom. The number of nitrogens with zero attached hydrogens (tertiary/aromatic N) is 1. The van der Waals surface area contributed by atoms with E-state index in [0.29, 0.717) is 5.69 Å². The van der Waals surface area contributed by atoms with E-state index in [4.69, 9.17) is 11.6 Å². The second kappa shape index (κ2) is 7.74. The van der Waals surface area contributed by atoms with Gasteiger partial charge in [0.2, 0.25) is 5.91 Å². The number of nitrogens with one attached hydrogen (secondary N) is 2. The summed E-state index contributed by atoms with van der Waals surface area (Å²) in [5, 5.41) is 6.04. The molecule has 0 unspecified atom stereocenters. The number of carbonyl (C=O) groups is 1. The van der Waals surface area contributed by atoms with Gasteiger partial charge in [-0.05, 0) is 62.2 Å². The van der Waals surface area contributed by atoms with E-state index in [-0.39, 0.29) is 10.9 Å². The number of amides is 1. The van der Waals surface area contributed by atoms with E-state index >= 15 is 0 Å². The monoisotopic (exact) mass is 361 g/mol. The largest absolute Gasteiger partial charge is 0.374 e. The number of hydrogen-bond acceptors (Lipinski definition) is 3. The number of anilines is 3. The standard InChI is InChI=1S/C19H21ClFN3O/c1-13(19(25)23-18-9-4-14(21)12-17(18)20)22-15-5-7-16(8-6-15)24-10-2-3-11-24/h4-9,12-13,22H,2-3,10-11H2,1H3,(H,23,25)/t13-/m0/s1. The van der Waals surface area contributed by atoms with Crippen LogP contribution in [0, 0.1) is 5.82 Å². The molecule has 6 heteroatoms. The average Bonchev–Trinajstić information content (AvgIpc) is 3.12. The maximum Gasteiger partial charge on any atom is 0.246 e. The van der Waals surface area contributed by atoms with Crippen LogP contribution >= 0.6 is 11.6 Å². The molecule has 0 radical (unpaired) electrons. The topological polar surface area (TPSA) is 44.4 Å². The van der Waals surface area contributed by atoms with Gasteiger partial charge in [-0.2, -0.15) is 0 Å². The number of benzene rings is 2. The molecule has 4 nitrogen and oxygen atoms in total. The van der Waals surface area contributed by atoms with Crippen LogP contribution in [0.15, 0.2) is 42.5 Å². The molecule has 1 aliphatic rings. The Labute approximate surface area is 152 Å². The van der Waals surface area contributed by atoms with Crippen LogP contribution in [0.3, 0.4) is 0 Å². The molecule has 1 atom stereocenters. The molecule has 0 bridgehead atoms. The summed E-state index contributed by atoms with van der Waals surface area (Å²) in [6, 6.07) is 11.5. The van der Waals surface area contributed by atoms with Gasteiger partial charge in [-0.25, -0.2) is 4.39 Å². The van der Waals surface area contributed by atoms with Crippen molar-refractivity contribution in [3.8, 4) is 0 Å². The molecule has 3 rings (SSSR count). The molecule has 2 aromatic rings. The lowest BCUT2D eigenvalue weighted by Gasteiger charge is -2.19. The third-order valence-corrected chi connectivity index (χ3v) is 4.62. The van der Waals surface area contributed by atoms with Gasteiger partial charge in [-0.1, -0.05) is 11.6 Å². The second-order valence-corrected chi connectivity index (χ2v) is 6.63. The molecule has 2 N–H and O–H groups in total. The average molecular weight is 362 g/mol. The summed E-state index contributed by atoms with van der Waals surface area (Å²) in [5.41, 5.74) is 2.47. The second-order valence-electron chi connectivity index (χ2n) is 6.22. The lowest BCUT2D eigenvalue weighted by atomic mass is 10.2. The van der Waals surface area contributed by atoms with Crippen molar-refractivity contribution in [1.29, 1.82) is 0 Å². The van der Waals surface area contributed by atoms with E-state index in [9.17, 15) is 9.18 Å². The highest BCUT2D eigenvalue weighted by Gasteiger charge is 2.15. The quantitative estimate of drug-likeness (QED) is 0.823. The normalized spacial score (nSPS) is 15.1. The van der Waals surface area contributed by atoms with Crippen LogP contribution in [-0.4, -0.2) is 25.0 Å². The van der Waals surface area contributed by atoms with Crippen LogP contribution in [-0.2, 0) is 4.79 Å². The summed E-state index contributed by atoms with van der Waals surface area (Å²) in [7, 11) is 0. The van der Waals surface area contributed by atoms with Gasteiger partial charge in [0, 0.05) is 24.5 Å². The minimum absolute atomic E-state index is 0.176. The number of carbonyl (C=O) groups excluding carboxylic acids is 1. The van der Waals surface area contributed by atoms with Gasteiger partial charge in [0.05, 0.1) is 10.7 Å². The first-order valence-electron chi connectivity index (χ1n) is 8.40. The molecule has 0 spiro atoms. The van der Waals surface area contributed by atoms with Crippen molar-refractivity contribution >= 4 is 34.6 Å². The summed E-state index contributed by atoms with van der Waals surface area (Å²) in [5.74, 6) is -0.676. The number of hydrogen-bond donors (Lipinski definition) is 2. The fourth-order valence-electron chi connectivity index (χ4n) is 2.89. The lowest BCUT2D eigenvalue weighted by molar-refractivity contribution is -0.116. The molecule has 1 fully saturated rings. The molecular formula is C19H21ClFN3O. The first-order chi connectivity index (χ1) is 12.0. The minimum Gasteiger partial charge on any atom is -0.374 e. The fourth-order valence-corrected chi connectivity index (χ4v) is 3.11. The zero-order valence-electron chi connectivity index (χ0n) is 14.1. The number of rotatable bonds is 5. The van der Waals surface area contributed by atoms with E-state index in [1.807, 2.05) is 12.1 Å². The van der Waals surface area contributed by atoms with E-state index < -0.39 is 11.9 Å². The van der Waals surface area contributed by atoms with Crippen molar-refractivity contribution in [3.05, 3.63) is 53.3 Å². The smallest absolute Gasteiger partial charge is 0.246 e. The summed E-state index contributed by atoms with van der Waals surface area (Å²) >= 11 is 5.94. The van der Waals surface area contributed by atoms with E-state index in [0.717, 1.165) is 18.8 Å². The van der Waals surface area contributed by atoms with Crippen LogP contribution < -0.4 is 15.5 Å². The fraction of sp³-hybridized carbons (Fsp3) is 0.316.